The first-order chi connectivity index (χ1) is 8.66. The van der Waals surface area contributed by atoms with Gasteiger partial charge in [-0.1, -0.05) is 6.07 Å². The van der Waals surface area contributed by atoms with Crippen molar-refractivity contribution in [2.45, 2.75) is 25.7 Å². The minimum atomic E-state index is -0.599. The van der Waals surface area contributed by atoms with Gasteiger partial charge in [-0.2, -0.15) is 0 Å². The number of phenols is 1. The lowest BCUT2D eigenvalue weighted by Gasteiger charge is -2.08. The van der Waals surface area contributed by atoms with E-state index in [1.54, 1.807) is 18.3 Å². The van der Waals surface area contributed by atoms with E-state index >= 15 is 0 Å². The van der Waals surface area contributed by atoms with Gasteiger partial charge >= 0.3 is 0 Å². The van der Waals surface area contributed by atoms with E-state index in [4.69, 9.17) is 0 Å². The summed E-state index contributed by atoms with van der Waals surface area (Å²) in [5.41, 5.74) is 2.22. The van der Waals surface area contributed by atoms with Crippen LogP contribution in [0, 0.1) is 12.7 Å². The third kappa shape index (κ3) is 1.83. The van der Waals surface area contributed by atoms with E-state index < -0.39 is 5.82 Å². The van der Waals surface area contributed by atoms with Crippen molar-refractivity contribution in [1.29, 1.82) is 0 Å². The van der Waals surface area contributed by atoms with Gasteiger partial charge in [0.2, 0.25) is 0 Å². The van der Waals surface area contributed by atoms with Crippen LogP contribution in [0.3, 0.4) is 0 Å². The molecule has 1 fully saturated rings. The summed E-state index contributed by atoms with van der Waals surface area (Å²) >= 11 is 0. The molecule has 0 atom stereocenters. The number of aromatic nitrogens is 2. The van der Waals surface area contributed by atoms with E-state index in [9.17, 15) is 9.50 Å². The maximum absolute atomic E-state index is 14.1. The van der Waals surface area contributed by atoms with Gasteiger partial charge in [0, 0.05) is 17.3 Å². The van der Waals surface area contributed by atoms with Gasteiger partial charge in [0.15, 0.2) is 11.6 Å². The Bertz CT molecular complexity index is 591. The number of nitrogens with zero attached hydrogens (tertiary/aromatic N) is 2. The summed E-state index contributed by atoms with van der Waals surface area (Å²) in [5, 5.41) is 9.88. The van der Waals surface area contributed by atoms with Crippen molar-refractivity contribution >= 4 is 0 Å². The quantitative estimate of drug-likeness (QED) is 0.882. The lowest BCUT2D eigenvalue weighted by Crippen LogP contribution is -1.93. The van der Waals surface area contributed by atoms with Crippen LogP contribution in [0.5, 0.6) is 5.75 Å². The van der Waals surface area contributed by atoms with Crippen molar-refractivity contribution in [2.24, 2.45) is 0 Å². The lowest BCUT2D eigenvalue weighted by molar-refractivity contribution is 0.427. The molecule has 1 heterocycles. The second kappa shape index (κ2) is 4.05. The molecule has 1 saturated carbocycles. The third-order valence-electron chi connectivity index (χ3n) is 3.22. The van der Waals surface area contributed by atoms with E-state index in [0.29, 0.717) is 22.7 Å². The first kappa shape index (κ1) is 11.1. The van der Waals surface area contributed by atoms with Crippen LogP contribution in [-0.2, 0) is 0 Å². The molecule has 1 aliphatic carbocycles. The summed E-state index contributed by atoms with van der Waals surface area (Å²) < 4.78 is 14.1. The Kier molecular flexibility index (Phi) is 2.51. The molecule has 0 aliphatic heterocycles. The standard InChI is InChI=1S/C14H13FN2O/c1-8-6-17-12(7-16-8)11-5-4-10(9-2-3-9)14(18)13(11)15/h4-7,9,18H,2-3H2,1H3. The Labute approximate surface area is 104 Å². The molecule has 3 rings (SSSR count). The third-order valence-corrected chi connectivity index (χ3v) is 3.22. The minimum Gasteiger partial charge on any atom is -0.505 e. The van der Waals surface area contributed by atoms with Crippen molar-refractivity contribution in [3.05, 3.63) is 41.6 Å². The smallest absolute Gasteiger partial charge is 0.174 e. The SMILES string of the molecule is Cc1cnc(-c2ccc(C3CC3)c(O)c2F)cn1. The van der Waals surface area contributed by atoms with Gasteiger partial charge in [-0.15, -0.1) is 0 Å². The molecule has 3 nitrogen and oxygen atoms in total. The fourth-order valence-corrected chi connectivity index (χ4v) is 2.03. The molecule has 92 valence electrons. The van der Waals surface area contributed by atoms with Crippen LogP contribution in [0.4, 0.5) is 4.39 Å². The second-order valence-electron chi connectivity index (χ2n) is 4.68. The molecule has 0 saturated heterocycles. The molecule has 1 aromatic heterocycles. The molecule has 2 aromatic rings. The molecule has 18 heavy (non-hydrogen) atoms. The molecule has 0 bridgehead atoms. The van der Waals surface area contributed by atoms with E-state index in [2.05, 4.69) is 9.97 Å². The van der Waals surface area contributed by atoms with Gasteiger partial charge in [-0.05, 0) is 31.7 Å². The van der Waals surface area contributed by atoms with Crippen LogP contribution in [-0.4, -0.2) is 15.1 Å². The number of aryl methyl sites for hydroxylation is 1. The van der Waals surface area contributed by atoms with Crippen LogP contribution in [0.15, 0.2) is 24.5 Å². The molecule has 0 unspecified atom stereocenters. The minimum absolute atomic E-state index is 0.239. The Balaban J connectivity index is 2.07. The van der Waals surface area contributed by atoms with Gasteiger partial charge < -0.3 is 5.11 Å². The van der Waals surface area contributed by atoms with Crippen molar-refractivity contribution < 1.29 is 9.50 Å². The first-order valence-electron chi connectivity index (χ1n) is 5.97. The number of hydrogen-bond acceptors (Lipinski definition) is 3. The number of hydrogen-bond donors (Lipinski definition) is 1. The Morgan fingerprint density at radius 1 is 1.22 bits per heavy atom. The summed E-state index contributed by atoms with van der Waals surface area (Å²) in [6, 6.07) is 3.45. The predicted molar refractivity (Wildman–Crippen MR) is 65.8 cm³/mol. The maximum Gasteiger partial charge on any atom is 0.174 e. The maximum atomic E-state index is 14.1. The van der Waals surface area contributed by atoms with Gasteiger partial charge in [0.1, 0.15) is 0 Å². The zero-order valence-corrected chi connectivity index (χ0v) is 10.0. The normalized spacial score (nSPS) is 14.8. The highest BCUT2D eigenvalue weighted by Crippen LogP contribution is 2.45. The van der Waals surface area contributed by atoms with Gasteiger partial charge in [-0.3, -0.25) is 9.97 Å². The van der Waals surface area contributed by atoms with Gasteiger partial charge in [0.25, 0.3) is 0 Å². The van der Waals surface area contributed by atoms with Gasteiger partial charge in [0.05, 0.1) is 17.6 Å². The topological polar surface area (TPSA) is 46.0 Å². The molecule has 0 amide bonds. The average molecular weight is 244 g/mol. The van der Waals surface area contributed by atoms with Crippen LogP contribution >= 0.6 is 0 Å². The van der Waals surface area contributed by atoms with E-state index in [0.717, 1.165) is 18.5 Å². The fraction of sp³-hybridized carbons (Fsp3) is 0.286. The largest absolute Gasteiger partial charge is 0.505 e. The highest BCUT2D eigenvalue weighted by atomic mass is 19.1. The fourth-order valence-electron chi connectivity index (χ4n) is 2.03. The zero-order valence-electron chi connectivity index (χ0n) is 10.0. The molecule has 1 aliphatic rings. The monoisotopic (exact) mass is 244 g/mol. The number of benzene rings is 1. The number of rotatable bonds is 2. The van der Waals surface area contributed by atoms with Crippen LogP contribution in [0.2, 0.25) is 0 Å². The second-order valence-corrected chi connectivity index (χ2v) is 4.68. The summed E-state index contributed by atoms with van der Waals surface area (Å²) in [6.45, 7) is 1.82. The Morgan fingerprint density at radius 2 is 2.00 bits per heavy atom. The summed E-state index contributed by atoms with van der Waals surface area (Å²) in [4.78, 5) is 8.21. The molecule has 1 aromatic carbocycles. The van der Waals surface area contributed by atoms with E-state index in [-0.39, 0.29) is 5.75 Å². The lowest BCUT2D eigenvalue weighted by atomic mass is 10.0. The van der Waals surface area contributed by atoms with Crippen molar-refractivity contribution in [3.63, 3.8) is 0 Å². The van der Waals surface area contributed by atoms with E-state index in [1.165, 1.54) is 6.20 Å². The van der Waals surface area contributed by atoms with E-state index in [1.807, 2.05) is 6.92 Å². The number of aromatic hydroxyl groups is 1. The summed E-state index contributed by atoms with van der Waals surface area (Å²) in [6.07, 6.45) is 5.15. The molecule has 0 spiro atoms. The summed E-state index contributed by atoms with van der Waals surface area (Å²) in [5.74, 6) is -0.521. The number of halogens is 1. The zero-order chi connectivity index (χ0) is 12.7. The van der Waals surface area contributed by atoms with Crippen LogP contribution in [0.25, 0.3) is 11.3 Å². The molecule has 1 N–H and O–H groups in total. The summed E-state index contributed by atoms with van der Waals surface area (Å²) in [7, 11) is 0. The number of phenolic OH excluding ortho intramolecular Hbond substituents is 1. The van der Waals surface area contributed by atoms with Crippen molar-refractivity contribution in [2.75, 3.05) is 0 Å². The van der Waals surface area contributed by atoms with Crippen molar-refractivity contribution in [1.82, 2.24) is 9.97 Å². The highest BCUT2D eigenvalue weighted by Gasteiger charge is 2.28. The Hall–Kier alpha value is -1.97. The molecular formula is C14H13FN2O. The van der Waals surface area contributed by atoms with Gasteiger partial charge in [-0.25, -0.2) is 4.39 Å². The van der Waals surface area contributed by atoms with Crippen molar-refractivity contribution in [3.8, 4) is 17.0 Å². The molecular weight excluding hydrogens is 231 g/mol. The first-order valence-corrected chi connectivity index (χ1v) is 5.97. The average Bonchev–Trinajstić information content (AvgIpc) is 3.18. The predicted octanol–water partition coefficient (Wildman–Crippen LogP) is 3.17. The van der Waals surface area contributed by atoms with Crippen LogP contribution in [0.1, 0.15) is 30.0 Å². The highest BCUT2D eigenvalue weighted by molar-refractivity contribution is 5.63. The van der Waals surface area contributed by atoms with Crippen LogP contribution < -0.4 is 0 Å². The molecule has 4 heteroatoms. The Morgan fingerprint density at radius 3 is 2.61 bits per heavy atom. The molecule has 0 radical (unpaired) electrons.